The van der Waals surface area contributed by atoms with Crippen molar-refractivity contribution in [1.82, 2.24) is 0 Å². The summed E-state index contributed by atoms with van der Waals surface area (Å²) in [5.74, 6) is 0. The van der Waals surface area contributed by atoms with Gasteiger partial charge in [0.05, 0.1) is 0 Å². The molecule has 0 atom stereocenters. The molecule has 1 aromatic carbocycles. The highest BCUT2D eigenvalue weighted by atomic mass is 14.5. The van der Waals surface area contributed by atoms with Crippen LogP contribution in [-0.2, 0) is 0 Å². The van der Waals surface area contributed by atoms with Gasteiger partial charge >= 0.3 is 0 Å². The Morgan fingerprint density at radius 2 is 1.08 bits per heavy atom. The lowest BCUT2D eigenvalue weighted by Gasteiger charge is -1.83. The van der Waals surface area contributed by atoms with Crippen LogP contribution in [0.4, 0.5) is 5.69 Å². The van der Waals surface area contributed by atoms with Gasteiger partial charge in [0.15, 0.2) is 0 Å². The molecule has 0 aliphatic heterocycles. The molecule has 0 aliphatic carbocycles. The molecule has 0 fully saturated rings. The summed E-state index contributed by atoms with van der Waals surface area (Å²) in [4.78, 5) is 0. The van der Waals surface area contributed by atoms with Crippen molar-refractivity contribution in [1.29, 1.82) is 0 Å². The molecule has 0 saturated heterocycles. The van der Waals surface area contributed by atoms with Gasteiger partial charge in [-0.15, -0.1) is 0 Å². The summed E-state index contributed by atoms with van der Waals surface area (Å²) in [7, 11) is 1.50. The molecule has 0 aromatic heterocycles. The number of hydrogen-bond donors (Lipinski definition) is 2. The normalized spacial score (nSPS) is 6.00. The number of nitrogens with two attached hydrogens (primary N) is 2. The smallest absolute Gasteiger partial charge is 0.0313 e. The van der Waals surface area contributed by atoms with E-state index in [2.05, 4.69) is 5.73 Å². The van der Waals surface area contributed by atoms with Gasteiger partial charge in [0.2, 0.25) is 0 Å². The standard InChI is InChI=1S/C6H7N.2C2H6.CH5N/c7-6-4-2-1-3-5-6;3*1-2/h1-5H,7H2;2*1-2H3;2H2,1H3. The molecule has 0 bridgehead atoms. The van der Waals surface area contributed by atoms with Gasteiger partial charge in [0.25, 0.3) is 0 Å². The maximum absolute atomic E-state index is 5.36. The van der Waals surface area contributed by atoms with Crippen LogP contribution in [0.15, 0.2) is 30.3 Å². The number of para-hydroxylation sites is 1. The van der Waals surface area contributed by atoms with Crippen LogP contribution in [0.2, 0.25) is 0 Å². The summed E-state index contributed by atoms with van der Waals surface area (Å²) >= 11 is 0. The molecule has 13 heavy (non-hydrogen) atoms. The van der Waals surface area contributed by atoms with Crippen molar-refractivity contribution < 1.29 is 0 Å². The van der Waals surface area contributed by atoms with E-state index in [9.17, 15) is 0 Å². The van der Waals surface area contributed by atoms with E-state index in [0.29, 0.717) is 0 Å². The second-order valence-corrected chi connectivity index (χ2v) is 1.41. The first-order valence-corrected chi connectivity index (χ1v) is 4.78. The minimum atomic E-state index is 0.822. The molecular weight excluding hydrogens is 160 g/mol. The van der Waals surface area contributed by atoms with E-state index >= 15 is 0 Å². The van der Waals surface area contributed by atoms with Gasteiger partial charge in [-0.1, -0.05) is 45.9 Å². The van der Waals surface area contributed by atoms with E-state index in [0.717, 1.165) is 5.69 Å². The summed E-state index contributed by atoms with van der Waals surface area (Å²) in [6.45, 7) is 8.00. The Morgan fingerprint density at radius 1 is 0.769 bits per heavy atom. The Kier molecular flexibility index (Phi) is 30.9. The fourth-order valence-corrected chi connectivity index (χ4v) is 0.453. The van der Waals surface area contributed by atoms with E-state index < -0.39 is 0 Å². The number of anilines is 1. The first-order chi connectivity index (χ1) is 6.39. The molecular formula is C11H24N2. The van der Waals surface area contributed by atoms with Crippen LogP contribution in [0, 0.1) is 0 Å². The second-order valence-electron chi connectivity index (χ2n) is 1.41. The number of hydrogen-bond acceptors (Lipinski definition) is 2. The summed E-state index contributed by atoms with van der Waals surface area (Å²) in [5.41, 5.74) is 10.7. The molecule has 0 spiro atoms. The van der Waals surface area contributed by atoms with E-state index in [4.69, 9.17) is 5.73 Å². The summed E-state index contributed by atoms with van der Waals surface area (Å²) in [5, 5.41) is 0. The van der Waals surface area contributed by atoms with Crippen molar-refractivity contribution in [2.45, 2.75) is 27.7 Å². The fraction of sp³-hybridized carbons (Fsp3) is 0.455. The van der Waals surface area contributed by atoms with Crippen LogP contribution >= 0.6 is 0 Å². The molecule has 2 heteroatoms. The lowest BCUT2D eigenvalue weighted by atomic mass is 10.3. The average Bonchev–Trinajstić information content (AvgIpc) is 2.28. The van der Waals surface area contributed by atoms with Crippen molar-refractivity contribution in [3.05, 3.63) is 30.3 Å². The second kappa shape index (κ2) is 22.4. The topological polar surface area (TPSA) is 52.0 Å². The predicted molar refractivity (Wildman–Crippen MR) is 63.7 cm³/mol. The molecule has 1 aromatic rings. The van der Waals surface area contributed by atoms with Gasteiger partial charge in [-0.05, 0) is 19.2 Å². The first kappa shape index (κ1) is 17.9. The van der Waals surface area contributed by atoms with Gasteiger partial charge in [-0.2, -0.15) is 0 Å². The maximum Gasteiger partial charge on any atom is 0.0313 e. The molecule has 4 N–H and O–H groups in total. The van der Waals surface area contributed by atoms with Crippen LogP contribution in [0.5, 0.6) is 0 Å². The van der Waals surface area contributed by atoms with Crippen molar-refractivity contribution >= 4 is 5.69 Å². The van der Waals surface area contributed by atoms with Crippen LogP contribution in [0.25, 0.3) is 0 Å². The van der Waals surface area contributed by atoms with E-state index in [1.807, 2.05) is 58.0 Å². The summed E-state index contributed by atoms with van der Waals surface area (Å²) in [6.07, 6.45) is 0. The SMILES string of the molecule is CC.CC.CN.Nc1ccccc1. The third-order valence-corrected chi connectivity index (χ3v) is 0.800. The monoisotopic (exact) mass is 184 g/mol. The molecule has 78 valence electrons. The minimum absolute atomic E-state index is 0.822. The van der Waals surface area contributed by atoms with Crippen LogP contribution in [-0.4, -0.2) is 7.05 Å². The Labute approximate surface area is 83.0 Å². The zero-order valence-electron chi connectivity index (χ0n) is 9.54. The van der Waals surface area contributed by atoms with E-state index in [1.165, 1.54) is 7.05 Å². The van der Waals surface area contributed by atoms with Gasteiger partial charge in [-0.25, -0.2) is 0 Å². The fourth-order valence-electron chi connectivity index (χ4n) is 0.453. The van der Waals surface area contributed by atoms with Crippen molar-refractivity contribution in [3.63, 3.8) is 0 Å². The zero-order valence-corrected chi connectivity index (χ0v) is 9.54. The van der Waals surface area contributed by atoms with E-state index in [-0.39, 0.29) is 0 Å². The quantitative estimate of drug-likeness (QED) is 0.609. The van der Waals surface area contributed by atoms with Gasteiger partial charge in [0, 0.05) is 5.69 Å². The summed E-state index contributed by atoms with van der Waals surface area (Å²) in [6, 6.07) is 9.49. The van der Waals surface area contributed by atoms with E-state index in [1.54, 1.807) is 0 Å². The molecule has 0 amide bonds. The lowest BCUT2D eigenvalue weighted by molar-refractivity contribution is 1.48. The van der Waals surface area contributed by atoms with Gasteiger partial charge in [0.1, 0.15) is 0 Å². The molecule has 0 heterocycles. The number of nitrogen functional groups attached to an aromatic ring is 1. The Bertz CT molecular complexity index is 138. The van der Waals surface area contributed by atoms with Crippen LogP contribution in [0.1, 0.15) is 27.7 Å². The minimum Gasteiger partial charge on any atom is -0.399 e. The summed E-state index contributed by atoms with van der Waals surface area (Å²) < 4.78 is 0. The predicted octanol–water partition coefficient (Wildman–Crippen LogP) is 2.90. The van der Waals surface area contributed by atoms with Crippen molar-refractivity contribution in [2.75, 3.05) is 12.8 Å². The third kappa shape index (κ3) is 18.2. The highest BCUT2D eigenvalue weighted by Gasteiger charge is 1.72. The Balaban J connectivity index is -0.000000144. The van der Waals surface area contributed by atoms with Crippen molar-refractivity contribution in [3.8, 4) is 0 Å². The zero-order chi connectivity index (χ0) is 11.1. The van der Waals surface area contributed by atoms with Crippen LogP contribution < -0.4 is 11.5 Å². The molecule has 2 nitrogen and oxygen atoms in total. The third-order valence-electron chi connectivity index (χ3n) is 0.800. The number of rotatable bonds is 0. The lowest BCUT2D eigenvalue weighted by Crippen LogP contribution is -1.79. The number of benzene rings is 1. The Morgan fingerprint density at radius 3 is 1.23 bits per heavy atom. The average molecular weight is 184 g/mol. The molecule has 0 unspecified atom stereocenters. The van der Waals surface area contributed by atoms with Gasteiger partial charge < -0.3 is 11.5 Å². The largest absolute Gasteiger partial charge is 0.399 e. The highest BCUT2D eigenvalue weighted by Crippen LogP contribution is 1.95. The molecule has 0 saturated carbocycles. The maximum atomic E-state index is 5.36. The molecule has 0 aliphatic rings. The van der Waals surface area contributed by atoms with Gasteiger partial charge in [-0.3, -0.25) is 0 Å². The molecule has 1 rings (SSSR count). The highest BCUT2D eigenvalue weighted by molar-refractivity contribution is 5.35. The first-order valence-electron chi connectivity index (χ1n) is 4.78. The van der Waals surface area contributed by atoms with Crippen LogP contribution in [0.3, 0.4) is 0 Å². The molecule has 0 radical (unpaired) electrons. The van der Waals surface area contributed by atoms with Crippen molar-refractivity contribution in [2.24, 2.45) is 5.73 Å². The Hall–Kier alpha value is -1.02.